The molecule has 1 aliphatic carbocycles. The van der Waals surface area contributed by atoms with Crippen molar-refractivity contribution in [1.82, 2.24) is 5.32 Å². The van der Waals surface area contributed by atoms with Crippen molar-refractivity contribution in [1.29, 1.82) is 0 Å². The van der Waals surface area contributed by atoms with Crippen LogP contribution in [0.5, 0.6) is 0 Å². The van der Waals surface area contributed by atoms with E-state index < -0.39 is 0 Å². The summed E-state index contributed by atoms with van der Waals surface area (Å²) in [6.45, 7) is 2.62. The van der Waals surface area contributed by atoms with Gasteiger partial charge < -0.3 is 5.32 Å². The SMILES string of the molecule is C1CC2CNC[C@@H]2C1. The summed E-state index contributed by atoms with van der Waals surface area (Å²) in [5.74, 6) is 2.13. The molecule has 0 amide bonds. The van der Waals surface area contributed by atoms with Gasteiger partial charge in [-0.3, -0.25) is 0 Å². The molecule has 46 valence electrons. The van der Waals surface area contributed by atoms with Crippen molar-refractivity contribution < 1.29 is 0 Å². The lowest BCUT2D eigenvalue weighted by molar-refractivity contribution is 0.494. The lowest BCUT2D eigenvalue weighted by Crippen LogP contribution is -2.08. The van der Waals surface area contributed by atoms with Crippen molar-refractivity contribution in [3.8, 4) is 0 Å². The molecule has 2 atom stereocenters. The van der Waals surface area contributed by atoms with Gasteiger partial charge in [-0.05, 0) is 37.8 Å². The van der Waals surface area contributed by atoms with Crippen molar-refractivity contribution in [2.24, 2.45) is 11.8 Å². The Balaban J connectivity index is 2.04. The molecule has 1 heterocycles. The largest absolute Gasteiger partial charge is 0.316 e. The molecule has 8 heavy (non-hydrogen) atoms. The fourth-order valence-electron chi connectivity index (χ4n) is 2.11. The van der Waals surface area contributed by atoms with Crippen molar-refractivity contribution in [3.05, 3.63) is 0 Å². The zero-order chi connectivity index (χ0) is 5.40. The van der Waals surface area contributed by atoms with Crippen molar-refractivity contribution in [2.75, 3.05) is 13.1 Å². The predicted molar refractivity (Wildman–Crippen MR) is 33.7 cm³/mol. The molecule has 2 fully saturated rings. The number of fused-ring (bicyclic) bond motifs is 1. The van der Waals surface area contributed by atoms with Gasteiger partial charge in [-0.25, -0.2) is 0 Å². The quantitative estimate of drug-likeness (QED) is 0.492. The summed E-state index contributed by atoms with van der Waals surface area (Å²) in [7, 11) is 0. The van der Waals surface area contributed by atoms with Crippen LogP contribution in [0.2, 0.25) is 0 Å². The molecule has 0 spiro atoms. The topological polar surface area (TPSA) is 12.0 Å². The second-order valence-corrected chi connectivity index (χ2v) is 3.11. The summed E-state index contributed by atoms with van der Waals surface area (Å²) in [6.07, 6.45) is 4.49. The highest BCUT2D eigenvalue weighted by atomic mass is 14.9. The summed E-state index contributed by atoms with van der Waals surface area (Å²) in [4.78, 5) is 0. The summed E-state index contributed by atoms with van der Waals surface area (Å²) >= 11 is 0. The van der Waals surface area contributed by atoms with E-state index in [2.05, 4.69) is 5.32 Å². The molecule has 1 N–H and O–H groups in total. The Morgan fingerprint density at radius 3 is 2.25 bits per heavy atom. The zero-order valence-electron chi connectivity index (χ0n) is 5.19. The van der Waals surface area contributed by atoms with Gasteiger partial charge in [-0.15, -0.1) is 0 Å². The van der Waals surface area contributed by atoms with E-state index in [9.17, 15) is 0 Å². The van der Waals surface area contributed by atoms with Gasteiger partial charge >= 0.3 is 0 Å². The molecular formula is C7H13N. The van der Waals surface area contributed by atoms with E-state index in [1.165, 1.54) is 32.4 Å². The first-order valence-electron chi connectivity index (χ1n) is 3.67. The average Bonchev–Trinajstić information content (AvgIpc) is 2.15. The molecule has 0 aromatic carbocycles. The Labute approximate surface area is 50.5 Å². The molecule has 1 heteroatoms. The van der Waals surface area contributed by atoms with E-state index in [1.54, 1.807) is 0 Å². The summed E-state index contributed by atoms with van der Waals surface area (Å²) in [6, 6.07) is 0. The van der Waals surface area contributed by atoms with Crippen LogP contribution < -0.4 is 5.32 Å². The van der Waals surface area contributed by atoms with E-state index >= 15 is 0 Å². The van der Waals surface area contributed by atoms with Gasteiger partial charge in [-0.1, -0.05) is 6.42 Å². The van der Waals surface area contributed by atoms with Crippen LogP contribution in [-0.2, 0) is 0 Å². The third-order valence-corrected chi connectivity index (χ3v) is 2.63. The second-order valence-electron chi connectivity index (χ2n) is 3.11. The average molecular weight is 111 g/mol. The molecule has 0 aromatic heterocycles. The van der Waals surface area contributed by atoms with Gasteiger partial charge in [0.2, 0.25) is 0 Å². The first kappa shape index (κ1) is 4.80. The monoisotopic (exact) mass is 111 g/mol. The summed E-state index contributed by atoms with van der Waals surface area (Å²) in [5, 5.41) is 3.42. The molecule has 0 bridgehead atoms. The van der Waals surface area contributed by atoms with E-state index in [0.717, 1.165) is 11.8 Å². The summed E-state index contributed by atoms with van der Waals surface area (Å²) in [5.41, 5.74) is 0. The van der Waals surface area contributed by atoms with Crippen LogP contribution >= 0.6 is 0 Å². The van der Waals surface area contributed by atoms with Gasteiger partial charge in [0.15, 0.2) is 0 Å². The van der Waals surface area contributed by atoms with E-state index in [-0.39, 0.29) is 0 Å². The Hall–Kier alpha value is -0.0400. The maximum atomic E-state index is 3.42. The fourth-order valence-corrected chi connectivity index (χ4v) is 2.11. The van der Waals surface area contributed by atoms with Crippen LogP contribution in [0.1, 0.15) is 19.3 Å². The third kappa shape index (κ3) is 0.576. The Kier molecular flexibility index (Phi) is 1.04. The van der Waals surface area contributed by atoms with E-state index in [4.69, 9.17) is 0 Å². The predicted octanol–water partition coefficient (Wildman–Crippen LogP) is 1.01. The molecule has 1 saturated heterocycles. The first-order chi connectivity index (χ1) is 3.97. The van der Waals surface area contributed by atoms with Crippen LogP contribution in [-0.4, -0.2) is 13.1 Å². The van der Waals surface area contributed by atoms with E-state index in [1.807, 2.05) is 0 Å². The molecule has 1 aliphatic heterocycles. The van der Waals surface area contributed by atoms with Crippen molar-refractivity contribution in [3.63, 3.8) is 0 Å². The standard InChI is InChI=1S/C7H13N/c1-2-6-4-8-5-7(6)3-1/h6-8H,1-5H2/t6-,7?/m0/s1. The van der Waals surface area contributed by atoms with Gasteiger partial charge in [0.1, 0.15) is 0 Å². The first-order valence-corrected chi connectivity index (χ1v) is 3.67. The van der Waals surface area contributed by atoms with Gasteiger partial charge in [0.25, 0.3) is 0 Å². The molecule has 2 aliphatic rings. The second kappa shape index (κ2) is 1.73. The van der Waals surface area contributed by atoms with Crippen molar-refractivity contribution >= 4 is 0 Å². The van der Waals surface area contributed by atoms with Crippen LogP contribution in [0.15, 0.2) is 0 Å². The van der Waals surface area contributed by atoms with Crippen molar-refractivity contribution in [2.45, 2.75) is 19.3 Å². The maximum absolute atomic E-state index is 3.42. The minimum Gasteiger partial charge on any atom is -0.316 e. The molecular weight excluding hydrogens is 98.1 g/mol. The highest BCUT2D eigenvalue weighted by molar-refractivity contribution is 4.85. The number of rotatable bonds is 0. The van der Waals surface area contributed by atoms with Gasteiger partial charge in [0.05, 0.1) is 0 Å². The van der Waals surface area contributed by atoms with Gasteiger partial charge in [-0.2, -0.15) is 0 Å². The third-order valence-electron chi connectivity index (χ3n) is 2.63. The molecule has 1 saturated carbocycles. The smallest absolute Gasteiger partial charge is 0.00173 e. The molecule has 1 nitrogen and oxygen atoms in total. The number of hydrogen-bond donors (Lipinski definition) is 1. The molecule has 0 radical (unpaired) electrons. The van der Waals surface area contributed by atoms with Gasteiger partial charge in [0, 0.05) is 0 Å². The Morgan fingerprint density at radius 1 is 1.00 bits per heavy atom. The lowest BCUT2D eigenvalue weighted by atomic mass is 10.0. The molecule has 2 rings (SSSR count). The summed E-state index contributed by atoms with van der Waals surface area (Å²) < 4.78 is 0. The zero-order valence-corrected chi connectivity index (χ0v) is 5.19. The fraction of sp³-hybridized carbons (Fsp3) is 1.00. The highest BCUT2D eigenvalue weighted by Crippen LogP contribution is 2.33. The lowest BCUT2D eigenvalue weighted by Gasteiger charge is -2.02. The normalized spacial score (nSPS) is 45.0. The van der Waals surface area contributed by atoms with Crippen LogP contribution in [0, 0.1) is 11.8 Å². The maximum Gasteiger partial charge on any atom is -0.00173 e. The Bertz CT molecular complexity index is 70.4. The molecule has 1 unspecified atom stereocenters. The minimum atomic E-state index is 1.06. The highest BCUT2D eigenvalue weighted by Gasteiger charge is 2.30. The van der Waals surface area contributed by atoms with Crippen LogP contribution in [0.25, 0.3) is 0 Å². The van der Waals surface area contributed by atoms with E-state index in [0.29, 0.717) is 0 Å². The molecule has 0 aromatic rings. The minimum absolute atomic E-state index is 1.06. The number of hydrogen-bond acceptors (Lipinski definition) is 1. The Morgan fingerprint density at radius 2 is 1.62 bits per heavy atom. The number of nitrogens with one attached hydrogen (secondary N) is 1. The van der Waals surface area contributed by atoms with Crippen LogP contribution in [0.4, 0.5) is 0 Å². The van der Waals surface area contributed by atoms with Crippen LogP contribution in [0.3, 0.4) is 0 Å².